The molecule has 0 aromatic carbocycles. The molecule has 1 rings (SSSR count). The molecule has 1 aliphatic rings. The van der Waals surface area contributed by atoms with E-state index in [9.17, 15) is 9.59 Å². The molecule has 20 heavy (non-hydrogen) atoms. The van der Waals surface area contributed by atoms with Crippen molar-refractivity contribution in [2.75, 3.05) is 26.8 Å². The first-order valence-electron chi connectivity index (χ1n) is 6.99. The molecule has 0 radical (unpaired) electrons. The Kier molecular flexibility index (Phi) is 7.98. The maximum absolute atomic E-state index is 11.5. The van der Waals surface area contributed by atoms with Gasteiger partial charge in [-0.25, -0.2) is 4.79 Å². The van der Waals surface area contributed by atoms with Crippen LogP contribution in [0, 0.1) is 0 Å². The monoisotopic (exact) mass is 288 g/mol. The van der Waals surface area contributed by atoms with Crippen molar-refractivity contribution in [3.05, 3.63) is 0 Å². The Hall–Kier alpha value is -1.34. The number of ether oxygens (including phenoxy) is 2. The maximum Gasteiger partial charge on any atom is 0.314 e. The predicted molar refractivity (Wildman–Crippen MR) is 72.7 cm³/mol. The number of nitrogens with one attached hydrogen (secondary N) is 2. The summed E-state index contributed by atoms with van der Waals surface area (Å²) in [5.74, 6) is -0.950. The van der Waals surface area contributed by atoms with Gasteiger partial charge in [0.2, 0.25) is 0 Å². The molecular weight excluding hydrogens is 264 g/mol. The molecule has 3 N–H and O–H groups in total. The third-order valence-electron chi connectivity index (χ3n) is 3.25. The van der Waals surface area contributed by atoms with Crippen LogP contribution in [0.3, 0.4) is 0 Å². The van der Waals surface area contributed by atoms with Crippen LogP contribution >= 0.6 is 0 Å². The fourth-order valence-corrected chi connectivity index (χ4v) is 2.08. The van der Waals surface area contributed by atoms with E-state index in [0.29, 0.717) is 6.54 Å². The highest BCUT2D eigenvalue weighted by Gasteiger charge is 2.15. The second-order valence-corrected chi connectivity index (χ2v) is 4.87. The van der Waals surface area contributed by atoms with E-state index in [2.05, 4.69) is 10.6 Å². The summed E-state index contributed by atoms with van der Waals surface area (Å²) in [5.41, 5.74) is 0. The SMILES string of the molecule is COC(CNC(=O)NCCC1CCCCO1)CC(=O)O. The van der Waals surface area contributed by atoms with Gasteiger partial charge in [0, 0.05) is 26.8 Å². The van der Waals surface area contributed by atoms with Crippen molar-refractivity contribution >= 4 is 12.0 Å². The Bertz CT molecular complexity index is 305. The minimum absolute atomic E-state index is 0.132. The van der Waals surface area contributed by atoms with Gasteiger partial charge in [-0.05, 0) is 25.7 Å². The van der Waals surface area contributed by atoms with Crippen LogP contribution < -0.4 is 10.6 Å². The quantitative estimate of drug-likeness (QED) is 0.612. The van der Waals surface area contributed by atoms with Crippen LogP contribution in [0.5, 0.6) is 0 Å². The normalized spacial score (nSPS) is 20.1. The molecule has 0 spiro atoms. The second-order valence-electron chi connectivity index (χ2n) is 4.87. The first-order valence-corrected chi connectivity index (χ1v) is 6.99. The first kappa shape index (κ1) is 16.7. The van der Waals surface area contributed by atoms with E-state index in [1.807, 2.05) is 0 Å². The average Bonchev–Trinajstić information content (AvgIpc) is 2.44. The van der Waals surface area contributed by atoms with Gasteiger partial charge in [0.1, 0.15) is 0 Å². The molecule has 0 aliphatic carbocycles. The number of rotatable bonds is 8. The third-order valence-corrected chi connectivity index (χ3v) is 3.25. The number of hydrogen-bond donors (Lipinski definition) is 3. The summed E-state index contributed by atoms with van der Waals surface area (Å²) < 4.78 is 10.5. The maximum atomic E-state index is 11.5. The first-order chi connectivity index (χ1) is 9.61. The highest BCUT2D eigenvalue weighted by Crippen LogP contribution is 2.14. The van der Waals surface area contributed by atoms with Crippen LogP contribution in [0.4, 0.5) is 4.79 Å². The highest BCUT2D eigenvalue weighted by atomic mass is 16.5. The number of carboxylic acid groups (broad SMARTS) is 1. The predicted octanol–water partition coefficient (Wildman–Crippen LogP) is 0.735. The van der Waals surface area contributed by atoms with E-state index in [4.69, 9.17) is 14.6 Å². The Morgan fingerprint density at radius 1 is 1.40 bits per heavy atom. The molecule has 2 unspecified atom stereocenters. The van der Waals surface area contributed by atoms with Gasteiger partial charge in [0.15, 0.2) is 0 Å². The Morgan fingerprint density at radius 2 is 2.20 bits per heavy atom. The Balaban J connectivity index is 2.08. The number of carbonyl (C=O) groups excluding carboxylic acids is 1. The number of carbonyl (C=O) groups is 2. The summed E-state index contributed by atoms with van der Waals surface area (Å²) in [6.07, 6.45) is 3.74. The molecule has 1 saturated heterocycles. The van der Waals surface area contributed by atoms with E-state index in [1.54, 1.807) is 0 Å². The Labute approximate surface area is 119 Å². The molecule has 0 aromatic heterocycles. The van der Waals surface area contributed by atoms with E-state index >= 15 is 0 Å². The van der Waals surface area contributed by atoms with Crippen molar-refractivity contribution < 1.29 is 24.2 Å². The minimum Gasteiger partial charge on any atom is -0.481 e. The van der Waals surface area contributed by atoms with Gasteiger partial charge in [0.05, 0.1) is 18.6 Å². The summed E-state index contributed by atoms with van der Waals surface area (Å²) in [6, 6.07) is -0.312. The summed E-state index contributed by atoms with van der Waals surface area (Å²) in [6.45, 7) is 1.53. The van der Waals surface area contributed by atoms with Crippen molar-refractivity contribution in [1.82, 2.24) is 10.6 Å². The lowest BCUT2D eigenvalue weighted by Gasteiger charge is -2.22. The van der Waals surface area contributed by atoms with Gasteiger partial charge in [-0.1, -0.05) is 0 Å². The van der Waals surface area contributed by atoms with Crippen molar-refractivity contribution in [3.63, 3.8) is 0 Å². The molecule has 1 heterocycles. The van der Waals surface area contributed by atoms with Gasteiger partial charge < -0.3 is 25.2 Å². The Morgan fingerprint density at radius 3 is 2.80 bits per heavy atom. The van der Waals surface area contributed by atoms with Crippen molar-refractivity contribution in [3.8, 4) is 0 Å². The molecule has 2 amide bonds. The van der Waals surface area contributed by atoms with E-state index in [1.165, 1.54) is 13.5 Å². The largest absolute Gasteiger partial charge is 0.481 e. The molecule has 0 saturated carbocycles. The molecule has 0 aromatic rings. The standard InChI is InChI=1S/C13H24N2O5/c1-19-11(8-12(16)17)9-15-13(18)14-6-5-10-4-2-3-7-20-10/h10-11H,2-9H2,1H3,(H,16,17)(H2,14,15,18). The van der Waals surface area contributed by atoms with Crippen molar-refractivity contribution in [2.45, 2.75) is 44.3 Å². The number of urea groups is 1. The lowest BCUT2D eigenvalue weighted by atomic mass is 10.1. The lowest BCUT2D eigenvalue weighted by molar-refractivity contribution is -0.139. The van der Waals surface area contributed by atoms with Crippen LogP contribution in [0.15, 0.2) is 0 Å². The molecule has 7 heteroatoms. The smallest absolute Gasteiger partial charge is 0.314 e. The summed E-state index contributed by atoms with van der Waals surface area (Å²) in [4.78, 5) is 22.1. The second kappa shape index (κ2) is 9.55. The van der Waals surface area contributed by atoms with E-state index < -0.39 is 12.1 Å². The number of aliphatic carboxylic acids is 1. The summed E-state index contributed by atoms with van der Waals surface area (Å²) >= 11 is 0. The van der Waals surface area contributed by atoms with Gasteiger partial charge in [0.25, 0.3) is 0 Å². The van der Waals surface area contributed by atoms with Crippen LogP contribution in [0.1, 0.15) is 32.1 Å². The average molecular weight is 288 g/mol. The zero-order valence-corrected chi connectivity index (χ0v) is 11.9. The molecule has 1 fully saturated rings. The number of carboxylic acids is 1. The van der Waals surface area contributed by atoms with Crippen molar-refractivity contribution in [1.29, 1.82) is 0 Å². The molecule has 2 atom stereocenters. The molecule has 0 bridgehead atoms. The topological polar surface area (TPSA) is 96.9 Å². The van der Waals surface area contributed by atoms with Gasteiger partial charge in [-0.2, -0.15) is 0 Å². The van der Waals surface area contributed by atoms with Crippen LogP contribution in [0.2, 0.25) is 0 Å². The number of methoxy groups -OCH3 is 1. The highest BCUT2D eigenvalue weighted by molar-refractivity contribution is 5.74. The molecule has 116 valence electrons. The van der Waals surface area contributed by atoms with Crippen LogP contribution in [-0.2, 0) is 14.3 Å². The summed E-state index contributed by atoms with van der Waals surface area (Å²) in [5, 5.41) is 14.0. The third kappa shape index (κ3) is 7.30. The minimum atomic E-state index is -0.950. The fraction of sp³-hybridized carbons (Fsp3) is 0.846. The molecule has 1 aliphatic heterocycles. The van der Waals surface area contributed by atoms with Crippen LogP contribution in [0.25, 0.3) is 0 Å². The van der Waals surface area contributed by atoms with Crippen molar-refractivity contribution in [2.24, 2.45) is 0 Å². The zero-order chi connectivity index (χ0) is 14.8. The van der Waals surface area contributed by atoms with Gasteiger partial charge >= 0.3 is 12.0 Å². The van der Waals surface area contributed by atoms with Crippen LogP contribution in [-0.4, -0.2) is 56.1 Å². The fourth-order valence-electron chi connectivity index (χ4n) is 2.08. The van der Waals surface area contributed by atoms with Gasteiger partial charge in [-0.3, -0.25) is 4.79 Å². The number of amides is 2. The molecular formula is C13H24N2O5. The van der Waals surface area contributed by atoms with E-state index in [0.717, 1.165) is 25.9 Å². The number of hydrogen-bond acceptors (Lipinski definition) is 4. The lowest BCUT2D eigenvalue weighted by Crippen LogP contribution is -2.41. The summed E-state index contributed by atoms with van der Waals surface area (Å²) in [7, 11) is 1.42. The zero-order valence-electron chi connectivity index (χ0n) is 11.9. The van der Waals surface area contributed by atoms with E-state index in [-0.39, 0.29) is 25.1 Å². The molecule has 7 nitrogen and oxygen atoms in total. The van der Waals surface area contributed by atoms with Gasteiger partial charge in [-0.15, -0.1) is 0 Å².